The van der Waals surface area contributed by atoms with Crippen LogP contribution in [0.4, 0.5) is 0 Å². The molecule has 1 aromatic rings. The first kappa shape index (κ1) is 14.4. The summed E-state index contributed by atoms with van der Waals surface area (Å²) >= 11 is 5.51. The molecule has 2 rings (SSSR count). The quantitative estimate of drug-likeness (QED) is 0.775. The fourth-order valence-electron chi connectivity index (χ4n) is 2.39. The Labute approximate surface area is 118 Å². The fourth-order valence-corrected chi connectivity index (χ4v) is 2.61. The molecule has 0 amide bonds. The number of hydrogen-bond acceptors (Lipinski definition) is 3. The molecular weight excluding hydrogens is 264 g/mol. The first-order valence-electron chi connectivity index (χ1n) is 6.63. The smallest absolute Gasteiger partial charge is 0.224 e. The molecule has 0 aliphatic heterocycles. The maximum Gasteiger partial charge on any atom is 0.224 e. The van der Waals surface area contributed by atoms with Crippen molar-refractivity contribution in [3.05, 3.63) is 29.8 Å². The minimum atomic E-state index is -0.200. The second kappa shape index (κ2) is 6.92. The van der Waals surface area contributed by atoms with Crippen LogP contribution >= 0.6 is 11.6 Å². The topological polar surface area (TPSA) is 35.5 Å². The number of rotatable bonds is 5. The maximum absolute atomic E-state index is 11.1. The van der Waals surface area contributed by atoms with Crippen LogP contribution in [0.5, 0.6) is 5.75 Å². The summed E-state index contributed by atoms with van der Waals surface area (Å²) in [5, 5.41) is -0.200. The normalized spacial score (nSPS) is 23.1. The highest BCUT2D eigenvalue weighted by Gasteiger charge is 2.25. The minimum Gasteiger partial charge on any atom is -0.497 e. The van der Waals surface area contributed by atoms with Crippen molar-refractivity contribution in [1.29, 1.82) is 0 Å². The van der Waals surface area contributed by atoms with Gasteiger partial charge in [-0.1, -0.05) is 12.1 Å². The zero-order valence-electron chi connectivity index (χ0n) is 11.1. The van der Waals surface area contributed by atoms with E-state index in [-0.39, 0.29) is 17.3 Å². The van der Waals surface area contributed by atoms with Crippen molar-refractivity contribution in [3.8, 4) is 5.75 Å². The predicted molar refractivity (Wildman–Crippen MR) is 74.4 cm³/mol. The molecule has 1 fully saturated rings. The molecule has 3 nitrogen and oxygen atoms in total. The Morgan fingerprint density at radius 1 is 1.21 bits per heavy atom. The highest BCUT2D eigenvalue weighted by atomic mass is 35.5. The monoisotopic (exact) mass is 282 g/mol. The molecule has 1 aliphatic carbocycles. The molecule has 0 bridgehead atoms. The zero-order valence-corrected chi connectivity index (χ0v) is 11.9. The van der Waals surface area contributed by atoms with Gasteiger partial charge >= 0.3 is 0 Å². The van der Waals surface area contributed by atoms with Gasteiger partial charge in [0.25, 0.3) is 0 Å². The molecule has 1 aliphatic rings. The van der Waals surface area contributed by atoms with Crippen LogP contribution in [0.25, 0.3) is 0 Å². The third-order valence-electron chi connectivity index (χ3n) is 3.64. The molecule has 104 valence electrons. The van der Waals surface area contributed by atoms with Gasteiger partial charge in [0.15, 0.2) is 0 Å². The van der Waals surface area contributed by atoms with Gasteiger partial charge in [-0.15, -0.1) is 0 Å². The molecule has 0 heterocycles. The first-order chi connectivity index (χ1) is 9.19. The van der Waals surface area contributed by atoms with Gasteiger partial charge in [0.05, 0.1) is 19.8 Å². The highest BCUT2D eigenvalue weighted by molar-refractivity contribution is 6.63. The van der Waals surface area contributed by atoms with Crippen LogP contribution in [0.15, 0.2) is 24.3 Å². The zero-order chi connectivity index (χ0) is 13.7. The molecule has 0 aromatic heterocycles. The molecule has 0 spiro atoms. The fraction of sp³-hybridized carbons (Fsp3) is 0.533. The third kappa shape index (κ3) is 4.22. The lowest BCUT2D eigenvalue weighted by Crippen LogP contribution is -2.24. The van der Waals surface area contributed by atoms with Crippen molar-refractivity contribution in [2.24, 2.45) is 5.92 Å². The predicted octanol–water partition coefficient (Wildman–Crippen LogP) is 3.54. The molecule has 4 heteroatoms. The molecule has 0 N–H and O–H groups in total. The summed E-state index contributed by atoms with van der Waals surface area (Å²) in [7, 11) is 1.65. The van der Waals surface area contributed by atoms with Crippen LogP contribution in [-0.2, 0) is 16.1 Å². The van der Waals surface area contributed by atoms with Crippen molar-refractivity contribution < 1.29 is 14.3 Å². The Balaban J connectivity index is 1.75. The van der Waals surface area contributed by atoms with E-state index in [1.165, 1.54) is 0 Å². The Morgan fingerprint density at radius 3 is 2.37 bits per heavy atom. The molecule has 19 heavy (non-hydrogen) atoms. The van der Waals surface area contributed by atoms with Gasteiger partial charge in [-0.05, 0) is 55.0 Å². The summed E-state index contributed by atoms with van der Waals surface area (Å²) < 4.78 is 11.0. The van der Waals surface area contributed by atoms with Gasteiger partial charge in [0.2, 0.25) is 5.24 Å². The van der Waals surface area contributed by atoms with E-state index in [2.05, 4.69) is 0 Å². The van der Waals surface area contributed by atoms with Gasteiger partial charge in [0.1, 0.15) is 5.75 Å². The van der Waals surface area contributed by atoms with Crippen molar-refractivity contribution >= 4 is 16.8 Å². The Bertz CT molecular complexity index is 408. The Kier molecular flexibility index (Phi) is 5.23. The number of methoxy groups -OCH3 is 1. The number of ether oxygens (including phenoxy) is 2. The molecule has 1 saturated carbocycles. The van der Waals surface area contributed by atoms with Gasteiger partial charge in [-0.25, -0.2) is 0 Å². The summed E-state index contributed by atoms with van der Waals surface area (Å²) in [6.07, 6.45) is 3.76. The molecule has 1 aromatic carbocycles. The summed E-state index contributed by atoms with van der Waals surface area (Å²) in [6.45, 7) is 0.605. The number of benzene rings is 1. The summed E-state index contributed by atoms with van der Waals surface area (Å²) in [5.41, 5.74) is 1.14. The van der Waals surface area contributed by atoms with Crippen LogP contribution in [0.3, 0.4) is 0 Å². The Morgan fingerprint density at radius 2 is 1.84 bits per heavy atom. The summed E-state index contributed by atoms with van der Waals surface area (Å²) in [6, 6.07) is 7.88. The molecule has 0 atom stereocenters. The molecular formula is C15H19ClO3. The van der Waals surface area contributed by atoms with Crippen LogP contribution in [0.1, 0.15) is 31.2 Å². The average Bonchev–Trinajstić information content (AvgIpc) is 2.46. The van der Waals surface area contributed by atoms with E-state index >= 15 is 0 Å². The standard InChI is InChI=1S/C15H19ClO3/c1-18-13-6-2-11(3-7-13)10-19-14-8-4-12(5-9-14)15(16)17/h2-3,6-7,12,14H,4-5,8-10H2,1H3. The van der Waals surface area contributed by atoms with E-state index in [9.17, 15) is 4.79 Å². The molecule has 0 saturated heterocycles. The number of halogens is 1. The minimum absolute atomic E-state index is 0.0301. The number of carbonyl (C=O) groups is 1. The largest absolute Gasteiger partial charge is 0.497 e. The SMILES string of the molecule is COc1ccc(COC2CCC(C(=O)Cl)CC2)cc1. The van der Waals surface area contributed by atoms with Gasteiger partial charge in [-0.3, -0.25) is 4.79 Å². The van der Waals surface area contributed by atoms with E-state index < -0.39 is 0 Å². The highest BCUT2D eigenvalue weighted by Crippen LogP contribution is 2.28. The first-order valence-corrected chi connectivity index (χ1v) is 7.00. The number of hydrogen-bond donors (Lipinski definition) is 0. The van der Waals surface area contributed by atoms with Crippen LogP contribution < -0.4 is 4.74 Å². The lowest BCUT2D eigenvalue weighted by Gasteiger charge is -2.26. The van der Waals surface area contributed by atoms with Crippen LogP contribution in [0.2, 0.25) is 0 Å². The molecule has 0 radical (unpaired) electrons. The van der Waals surface area contributed by atoms with Crippen molar-refractivity contribution in [3.63, 3.8) is 0 Å². The lowest BCUT2D eigenvalue weighted by atomic mass is 9.88. The van der Waals surface area contributed by atoms with Crippen LogP contribution in [0, 0.1) is 5.92 Å². The van der Waals surface area contributed by atoms with Crippen molar-refractivity contribution in [2.45, 2.75) is 38.4 Å². The van der Waals surface area contributed by atoms with E-state index in [0.29, 0.717) is 6.61 Å². The van der Waals surface area contributed by atoms with E-state index in [4.69, 9.17) is 21.1 Å². The van der Waals surface area contributed by atoms with Gasteiger partial charge in [-0.2, -0.15) is 0 Å². The average molecular weight is 283 g/mol. The van der Waals surface area contributed by atoms with E-state index in [1.807, 2.05) is 24.3 Å². The maximum atomic E-state index is 11.1. The molecule has 0 unspecified atom stereocenters. The van der Waals surface area contributed by atoms with E-state index in [1.54, 1.807) is 7.11 Å². The number of carbonyl (C=O) groups excluding carboxylic acids is 1. The summed E-state index contributed by atoms with van der Waals surface area (Å²) in [4.78, 5) is 11.1. The second-order valence-corrected chi connectivity index (χ2v) is 5.31. The third-order valence-corrected chi connectivity index (χ3v) is 3.95. The van der Waals surface area contributed by atoms with Crippen molar-refractivity contribution in [2.75, 3.05) is 7.11 Å². The van der Waals surface area contributed by atoms with Crippen LogP contribution in [-0.4, -0.2) is 18.5 Å². The van der Waals surface area contributed by atoms with Gasteiger partial charge < -0.3 is 9.47 Å². The van der Waals surface area contributed by atoms with Crippen molar-refractivity contribution in [1.82, 2.24) is 0 Å². The van der Waals surface area contributed by atoms with E-state index in [0.717, 1.165) is 37.0 Å². The second-order valence-electron chi connectivity index (χ2n) is 4.94. The summed E-state index contributed by atoms with van der Waals surface area (Å²) in [5.74, 6) is 0.882. The van der Waals surface area contributed by atoms with Gasteiger partial charge in [0, 0.05) is 5.92 Å². The Hall–Kier alpha value is -1.06. The lowest BCUT2D eigenvalue weighted by molar-refractivity contribution is -0.117.